The maximum absolute atomic E-state index is 5.56. The van der Waals surface area contributed by atoms with Crippen LogP contribution in [0.5, 0.6) is 5.88 Å². The van der Waals surface area contributed by atoms with E-state index in [0.717, 1.165) is 16.8 Å². The lowest BCUT2D eigenvalue weighted by Crippen LogP contribution is -2.02. The van der Waals surface area contributed by atoms with Crippen molar-refractivity contribution in [3.05, 3.63) is 47.2 Å². The van der Waals surface area contributed by atoms with E-state index in [9.17, 15) is 0 Å². The summed E-state index contributed by atoms with van der Waals surface area (Å²) >= 11 is 0. The fourth-order valence-electron chi connectivity index (χ4n) is 1.56. The summed E-state index contributed by atoms with van der Waals surface area (Å²) < 4.78 is 5.56. The van der Waals surface area contributed by atoms with Gasteiger partial charge in [0.25, 0.3) is 0 Å². The van der Waals surface area contributed by atoms with Crippen LogP contribution < -0.4 is 16.2 Å². The predicted octanol–water partition coefficient (Wildman–Crippen LogP) is 1.40. The van der Waals surface area contributed by atoms with Crippen molar-refractivity contribution in [1.29, 1.82) is 0 Å². The van der Waals surface area contributed by atoms with Crippen molar-refractivity contribution in [3.8, 4) is 5.88 Å². The molecule has 5 heteroatoms. The van der Waals surface area contributed by atoms with Gasteiger partial charge in [0.2, 0.25) is 11.8 Å². The fourth-order valence-corrected chi connectivity index (χ4v) is 1.56. The molecule has 0 bridgehead atoms. The quantitative estimate of drug-likeness (QED) is 0.849. The van der Waals surface area contributed by atoms with E-state index in [1.54, 1.807) is 6.07 Å². The number of rotatable bonds is 4. The minimum absolute atomic E-state index is 0.225. The summed E-state index contributed by atoms with van der Waals surface area (Å²) in [6.07, 6.45) is 0. The Balaban J connectivity index is 2.01. The van der Waals surface area contributed by atoms with Gasteiger partial charge in [0.1, 0.15) is 6.61 Å². The van der Waals surface area contributed by atoms with E-state index in [-0.39, 0.29) is 5.95 Å². The molecule has 1 aromatic heterocycles. The molecule has 0 saturated carbocycles. The van der Waals surface area contributed by atoms with E-state index >= 15 is 0 Å². The molecule has 2 aromatic rings. The Bertz CT molecular complexity index is 505. The van der Waals surface area contributed by atoms with Crippen LogP contribution in [-0.2, 0) is 13.2 Å². The average molecular weight is 244 g/mol. The Labute approximate surface area is 106 Å². The molecule has 1 heterocycles. The SMILES string of the molecule is Cc1cc(OCc2ccc(CN)cc2)nc(N)n1. The minimum atomic E-state index is 0.225. The molecule has 4 N–H and O–H groups in total. The Morgan fingerprint density at radius 1 is 1.11 bits per heavy atom. The van der Waals surface area contributed by atoms with Gasteiger partial charge in [-0.25, -0.2) is 4.98 Å². The molecule has 0 amide bonds. The zero-order valence-corrected chi connectivity index (χ0v) is 10.3. The highest BCUT2D eigenvalue weighted by Gasteiger charge is 2.01. The first-order chi connectivity index (χ1) is 8.67. The number of ether oxygens (including phenoxy) is 1. The molecule has 2 rings (SSSR count). The van der Waals surface area contributed by atoms with Crippen molar-refractivity contribution in [3.63, 3.8) is 0 Å². The van der Waals surface area contributed by atoms with Crippen LogP contribution >= 0.6 is 0 Å². The van der Waals surface area contributed by atoms with Gasteiger partial charge in [-0.2, -0.15) is 4.98 Å². The summed E-state index contributed by atoms with van der Waals surface area (Å²) in [6.45, 7) is 2.84. The molecule has 0 saturated heterocycles. The Morgan fingerprint density at radius 3 is 2.39 bits per heavy atom. The average Bonchev–Trinajstić information content (AvgIpc) is 2.36. The van der Waals surface area contributed by atoms with Crippen molar-refractivity contribution in [1.82, 2.24) is 9.97 Å². The molecule has 0 atom stereocenters. The maximum Gasteiger partial charge on any atom is 0.223 e. The molecule has 0 spiro atoms. The minimum Gasteiger partial charge on any atom is -0.473 e. The van der Waals surface area contributed by atoms with Crippen LogP contribution in [-0.4, -0.2) is 9.97 Å². The summed E-state index contributed by atoms with van der Waals surface area (Å²) in [5.41, 5.74) is 14.0. The lowest BCUT2D eigenvalue weighted by molar-refractivity contribution is 0.293. The molecular weight excluding hydrogens is 228 g/mol. The van der Waals surface area contributed by atoms with E-state index < -0.39 is 0 Å². The first kappa shape index (κ1) is 12.3. The lowest BCUT2D eigenvalue weighted by atomic mass is 10.1. The van der Waals surface area contributed by atoms with Crippen molar-refractivity contribution in [2.24, 2.45) is 5.73 Å². The number of aromatic nitrogens is 2. The largest absolute Gasteiger partial charge is 0.473 e. The third kappa shape index (κ3) is 3.18. The van der Waals surface area contributed by atoms with Gasteiger partial charge in [-0.05, 0) is 18.1 Å². The van der Waals surface area contributed by atoms with Gasteiger partial charge in [0.15, 0.2) is 0 Å². The van der Waals surface area contributed by atoms with Crippen molar-refractivity contribution in [2.75, 3.05) is 5.73 Å². The summed E-state index contributed by atoms with van der Waals surface area (Å²) in [5, 5.41) is 0. The van der Waals surface area contributed by atoms with Gasteiger partial charge in [-0.1, -0.05) is 24.3 Å². The molecule has 0 radical (unpaired) electrons. The third-order valence-corrected chi connectivity index (χ3v) is 2.49. The summed E-state index contributed by atoms with van der Waals surface area (Å²) in [5.74, 6) is 0.714. The zero-order chi connectivity index (χ0) is 13.0. The van der Waals surface area contributed by atoms with Crippen molar-refractivity contribution in [2.45, 2.75) is 20.1 Å². The monoisotopic (exact) mass is 244 g/mol. The highest BCUT2D eigenvalue weighted by molar-refractivity contribution is 5.26. The standard InChI is InChI=1S/C13H16N4O/c1-9-6-12(17-13(15)16-9)18-8-11-4-2-10(7-14)3-5-11/h2-6H,7-8,14H2,1H3,(H2,15,16,17). The lowest BCUT2D eigenvalue weighted by Gasteiger charge is -2.07. The van der Waals surface area contributed by atoms with E-state index in [0.29, 0.717) is 19.0 Å². The molecule has 0 aliphatic carbocycles. The molecule has 94 valence electrons. The predicted molar refractivity (Wildman–Crippen MR) is 69.8 cm³/mol. The van der Waals surface area contributed by atoms with Crippen LogP contribution in [0.25, 0.3) is 0 Å². The number of nitrogens with two attached hydrogens (primary N) is 2. The first-order valence-electron chi connectivity index (χ1n) is 5.69. The zero-order valence-electron chi connectivity index (χ0n) is 10.3. The van der Waals surface area contributed by atoms with Gasteiger partial charge in [-0.15, -0.1) is 0 Å². The molecule has 0 unspecified atom stereocenters. The molecular formula is C13H16N4O. The smallest absolute Gasteiger partial charge is 0.223 e. The van der Waals surface area contributed by atoms with Crippen molar-refractivity contribution < 1.29 is 4.74 Å². The summed E-state index contributed by atoms with van der Waals surface area (Å²) in [4.78, 5) is 7.99. The number of hydrogen-bond donors (Lipinski definition) is 2. The van der Waals surface area contributed by atoms with Crippen LogP contribution in [0.15, 0.2) is 30.3 Å². The number of aryl methyl sites for hydroxylation is 1. The summed E-state index contributed by atoms with van der Waals surface area (Å²) in [7, 11) is 0. The van der Waals surface area contributed by atoms with E-state index in [1.165, 1.54) is 0 Å². The van der Waals surface area contributed by atoms with Crippen LogP contribution in [0.4, 0.5) is 5.95 Å². The second-order valence-electron chi connectivity index (χ2n) is 4.02. The number of nitrogen functional groups attached to an aromatic ring is 1. The first-order valence-corrected chi connectivity index (χ1v) is 5.69. The topological polar surface area (TPSA) is 87.0 Å². The number of nitrogens with zero attached hydrogens (tertiary/aromatic N) is 2. The Kier molecular flexibility index (Phi) is 3.74. The van der Waals surface area contributed by atoms with Crippen LogP contribution in [0.3, 0.4) is 0 Å². The molecule has 5 nitrogen and oxygen atoms in total. The van der Waals surface area contributed by atoms with Crippen LogP contribution in [0, 0.1) is 6.92 Å². The Morgan fingerprint density at radius 2 is 1.78 bits per heavy atom. The molecule has 0 aliphatic heterocycles. The third-order valence-electron chi connectivity index (χ3n) is 2.49. The van der Waals surface area contributed by atoms with Crippen molar-refractivity contribution >= 4 is 5.95 Å². The molecule has 0 fully saturated rings. The second-order valence-corrected chi connectivity index (χ2v) is 4.02. The number of hydrogen-bond acceptors (Lipinski definition) is 5. The van der Waals surface area contributed by atoms with Gasteiger partial charge in [0.05, 0.1) is 0 Å². The van der Waals surface area contributed by atoms with Gasteiger partial charge in [-0.3, -0.25) is 0 Å². The normalized spacial score (nSPS) is 10.3. The molecule has 1 aromatic carbocycles. The Hall–Kier alpha value is -2.14. The maximum atomic E-state index is 5.56. The van der Waals surface area contributed by atoms with Crippen LogP contribution in [0.2, 0.25) is 0 Å². The molecule has 18 heavy (non-hydrogen) atoms. The van der Waals surface area contributed by atoms with Gasteiger partial charge < -0.3 is 16.2 Å². The second kappa shape index (κ2) is 5.46. The summed E-state index contributed by atoms with van der Waals surface area (Å²) in [6, 6.07) is 9.69. The fraction of sp³-hybridized carbons (Fsp3) is 0.231. The van der Waals surface area contributed by atoms with Gasteiger partial charge in [0, 0.05) is 18.3 Å². The van der Waals surface area contributed by atoms with Crippen LogP contribution in [0.1, 0.15) is 16.8 Å². The highest BCUT2D eigenvalue weighted by atomic mass is 16.5. The van der Waals surface area contributed by atoms with Gasteiger partial charge >= 0.3 is 0 Å². The number of benzene rings is 1. The number of anilines is 1. The molecule has 0 aliphatic rings. The highest BCUT2D eigenvalue weighted by Crippen LogP contribution is 2.12. The van der Waals surface area contributed by atoms with E-state index in [2.05, 4.69) is 9.97 Å². The van der Waals surface area contributed by atoms with E-state index in [4.69, 9.17) is 16.2 Å². The van der Waals surface area contributed by atoms with E-state index in [1.807, 2.05) is 31.2 Å².